The minimum absolute atomic E-state index is 0.00921. The zero-order valence-corrected chi connectivity index (χ0v) is 12.0. The van der Waals surface area contributed by atoms with Crippen molar-refractivity contribution in [3.8, 4) is 0 Å². The van der Waals surface area contributed by atoms with Gasteiger partial charge in [0.05, 0.1) is 18.8 Å². The minimum atomic E-state index is -1.27. The highest BCUT2D eigenvalue weighted by Gasteiger charge is 2.41. The molecule has 0 radical (unpaired) electrons. The number of aliphatic hydroxyl groups excluding tert-OH is 4. The molecule has 2 rings (SSSR count). The number of hydrogen-bond acceptors (Lipinski definition) is 9. The normalized spacial score (nSPS) is 43.3. The molecule has 0 aliphatic carbocycles. The largest absolute Gasteiger partial charge is 0.394 e. The molecule has 9 heteroatoms. The van der Waals surface area contributed by atoms with Crippen LogP contribution in [0.1, 0.15) is 12.8 Å². The van der Waals surface area contributed by atoms with Gasteiger partial charge in [0.25, 0.3) is 0 Å². The lowest BCUT2D eigenvalue weighted by Crippen LogP contribution is -2.62. The topological polar surface area (TPSA) is 161 Å². The summed E-state index contributed by atoms with van der Waals surface area (Å²) in [7, 11) is 1.62. The van der Waals surface area contributed by atoms with Crippen LogP contribution < -0.4 is 11.5 Å². The predicted octanol–water partition coefficient (Wildman–Crippen LogP) is -3.16. The van der Waals surface area contributed by atoms with E-state index in [-0.39, 0.29) is 25.5 Å². The monoisotopic (exact) mass is 310 g/mol. The molecule has 2 aliphatic heterocycles. The average molecular weight is 310 g/mol. The third kappa shape index (κ3) is 5.09. The van der Waals surface area contributed by atoms with E-state index in [1.807, 2.05) is 0 Å². The molecule has 0 aromatic rings. The van der Waals surface area contributed by atoms with Crippen LogP contribution >= 0.6 is 0 Å². The van der Waals surface area contributed by atoms with Gasteiger partial charge in [-0.15, -0.1) is 0 Å². The Balaban J connectivity index is 0.000000219. The molecule has 0 amide bonds. The molecule has 9 nitrogen and oxygen atoms in total. The first-order chi connectivity index (χ1) is 9.94. The Labute approximate surface area is 123 Å². The molecular weight excluding hydrogens is 284 g/mol. The van der Waals surface area contributed by atoms with Gasteiger partial charge in [0, 0.05) is 20.1 Å². The molecule has 21 heavy (non-hydrogen) atoms. The maximum atomic E-state index is 9.28. The van der Waals surface area contributed by atoms with Gasteiger partial charge in [0.15, 0.2) is 12.6 Å². The van der Waals surface area contributed by atoms with E-state index in [1.54, 1.807) is 7.11 Å². The van der Waals surface area contributed by atoms with E-state index < -0.39 is 30.6 Å². The highest BCUT2D eigenvalue weighted by Crippen LogP contribution is 2.19. The van der Waals surface area contributed by atoms with E-state index in [0.29, 0.717) is 0 Å². The summed E-state index contributed by atoms with van der Waals surface area (Å²) in [5.74, 6) is 0. The second kappa shape index (κ2) is 8.93. The van der Waals surface area contributed by atoms with Crippen LogP contribution in [0, 0.1) is 0 Å². The van der Waals surface area contributed by atoms with Crippen molar-refractivity contribution < 1.29 is 34.6 Å². The van der Waals surface area contributed by atoms with Crippen LogP contribution in [0.2, 0.25) is 0 Å². The zero-order valence-electron chi connectivity index (χ0n) is 12.0. The van der Waals surface area contributed by atoms with Crippen molar-refractivity contribution in [2.45, 2.75) is 55.9 Å². The summed E-state index contributed by atoms with van der Waals surface area (Å²) < 4.78 is 14.9. The molecule has 0 bridgehead atoms. The van der Waals surface area contributed by atoms with E-state index in [0.717, 1.165) is 12.8 Å². The first-order valence-corrected chi connectivity index (χ1v) is 6.89. The molecule has 2 heterocycles. The SMILES string of the molecule is COC1CCC(CO)O1.NC[C@@H]1O[C@H](O)[C@H](N)C(O)[C@@H]1O. The lowest BCUT2D eigenvalue weighted by molar-refractivity contribution is -0.238. The number of hydrogen-bond donors (Lipinski definition) is 6. The van der Waals surface area contributed by atoms with Gasteiger partial charge in [-0.2, -0.15) is 0 Å². The first-order valence-electron chi connectivity index (χ1n) is 6.89. The summed E-state index contributed by atoms with van der Waals surface area (Å²) in [6.45, 7) is 0.141. The second-order valence-electron chi connectivity index (χ2n) is 5.04. The Morgan fingerprint density at radius 3 is 2.24 bits per heavy atom. The predicted molar refractivity (Wildman–Crippen MR) is 71.9 cm³/mol. The van der Waals surface area contributed by atoms with E-state index in [2.05, 4.69) is 0 Å². The molecule has 0 saturated carbocycles. The van der Waals surface area contributed by atoms with Crippen LogP contribution in [-0.2, 0) is 14.2 Å². The summed E-state index contributed by atoms with van der Waals surface area (Å²) in [4.78, 5) is 0. The van der Waals surface area contributed by atoms with Gasteiger partial charge < -0.3 is 46.1 Å². The van der Waals surface area contributed by atoms with E-state index in [9.17, 15) is 10.2 Å². The quantitative estimate of drug-likeness (QED) is 0.316. The van der Waals surface area contributed by atoms with Crippen molar-refractivity contribution in [2.24, 2.45) is 11.5 Å². The fourth-order valence-electron chi connectivity index (χ4n) is 2.14. The molecule has 0 aromatic heterocycles. The van der Waals surface area contributed by atoms with Gasteiger partial charge in [0.1, 0.15) is 18.3 Å². The maximum absolute atomic E-state index is 9.28. The van der Waals surface area contributed by atoms with Crippen molar-refractivity contribution in [2.75, 3.05) is 20.3 Å². The fraction of sp³-hybridized carbons (Fsp3) is 1.00. The van der Waals surface area contributed by atoms with Crippen LogP contribution in [0.25, 0.3) is 0 Å². The molecule has 0 spiro atoms. The highest BCUT2D eigenvalue weighted by molar-refractivity contribution is 4.91. The Morgan fingerprint density at radius 2 is 1.81 bits per heavy atom. The Hall–Kier alpha value is -0.360. The molecule has 8 N–H and O–H groups in total. The van der Waals surface area contributed by atoms with Crippen LogP contribution in [0.15, 0.2) is 0 Å². The van der Waals surface area contributed by atoms with E-state index >= 15 is 0 Å². The molecule has 3 unspecified atom stereocenters. The average Bonchev–Trinajstić information content (AvgIpc) is 2.97. The Kier molecular flexibility index (Phi) is 7.95. The smallest absolute Gasteiger partial charge is 0.172 e. The Morgan fingerprint density at radius 1 is 1.14 bits per heavy atom. The van der Waals surface area contributed by atoms with Crippen LogP contribution in [0.3, 0.4) is 0 Å². The number of rotatable bonds is 3. The van der Waals surface area contributed by atoms with Crippen LogP contribution in [0.5, 0.6) is 0 Å². The number of ether oxygens (including phenoxy) is 3. The fourth-order valence-corrected chi connectivity index (χ4v) is 2.14. The first kappa shape index (κ1) is 18.7. The van der Waals surface area contributed by atoms with Crippen LogP contribution in [0.4, 0.5) is 0 Å². The molecule has 2 fully saturated rings. The maximum Gasteiger partial charge on any atom is 0.172 e. The molecule has 2 aliphatic rings. The van der Waals surface area contributed by atoms with Crippen molar-refractivity contribution in [1.29, 1.82) is 0 Å². The van der Waals surface area contributed by atoms with Crippen molar-refractivity contribution in [3.05, 3.63) is 0 Å². The Bertz CT molecular complexity index is 282. The molecule has 0 aromatic carbocycles. The standard InChI is InChI=1S/C6H14N2O4.C6H12O3/c7-1-2-4(9)5(10)3(8)6(11)12-2;1-8-6-3-2-5(4-7)9-6/h2-6,9-11H,1,7-8H2;5-7H,2-4H2,1H3/t2-,3+,4+,5?,6-;/m0./s1. The van der Waals surface area contributed by atoms with E-state index in [4.69, 9.17) is 35.9 Å². The number of methoxy groups -OCH3 is 1. The van der Waals surface area contributed by atoms with Gasteiger partial charge in [0.2, 0.25) is 0 Å². The van der Waals surface area contributed by atoms with Crippen LogP contribution in [-0.4, -0.2) is 83.7 Å². The summed E-state index contributed by atoms with van der Waals surface area (Å²) >= 11 is 0. The number of nitrogens with two attached hydrogens (primary N) is 2. The number of aliphatic hydroxyl groups is 4. The minimum Gasteiger partial charge on any atom is -0.394 e. The zero-order chi connectivity index (χ0) is 16.0. The van der Waals surface area contributed by atoms with E-state index in [1.165, 1.54) is 0 Å². The summed E-state index contributed by atoms with van der Waals surface area (Å²) in [6, 6.07) is -0.984. The summed E-state index contributed by atoms with van der Waals surface area (Å²) in [5, 5.41) is 36.2. The molecule has 2 saturated heterocycles. The van der Waals surface area contributed by atoms with Gasteiger partial charge in [-0.1, -0.05) is 0 Å². The van der Waals surface area contributed by atoms with Crippen molar-refractivity contribution >= 4 is 0 Å². The van der Waals surface area contributed by atoms with Gasteiger partial charge in [-0.05, 0) is 6.42 Å². The van der Waals surface area contributed by atoms with Gasteiger partial charge >= 0.3 is 0 Å². The lowest BCUT2D eigenvalue weighted by atomic mass is 9.98. The second-order valence-corrected chi connectivity index (χ2v) is 5.04. The van der Waals surface area contributed by atoms with Gasteiger partial charge in [-0.3, -0.25) is 0 Å². The van der Waals surface area contributed by atoms with Gasteiger partial charge in [-0.25, -0.2) is 0 Å². The van der Waals surface area contributed by atoms with Crippen molar-refractivity contribution in [3.63, 3.8) is 0 Å². The highest BCUT2D eigenvalue weighted by atomic mass is 16.7. The third-order valence-corrected chi connectivity index (χ3v) is 3.54. The molecule has 126 valence electrons. The molecular formula is C12H26N2O7. The van der Waals surface area contributed by atoms with Crippen molar-refractivity contribution in [1.82, 2.24) is 0 Å². The third-order valence-electron chi connectivity index (χ3n) is 3.54. The lowest BCUT2D eigenvalue weighted by Gasteiger charge is -2.38. The summed E-state index contributed by atoms with van der Waals surface area (Å²) in [5.41, 5.74) is 10.5. The summed E-state index contributed by atoms with van der Waals surface area (Å²) in [6.07, 6.45) is -2.60. The molecule has 7 atom stereocenters.